The first-order valence-corrected chi connectivity index (χ1v) is 16.1. The summed E-state index contributed by atoms with van der Waals surface area (Å²) in [5.41, 5.74) is 2.61. The molecule has 0 radical (unpaired) electrons. The van der Waals surface area contributed by atoms with Crippen molar-refractivity contribution in [1.82, 2.24) is 4.57 Å². The number of aromatic nitrogens is 1. The Morgan fingerprint density at radius 2 is 1.65 bits per heavy atom. The third-order valence-corrected chi connectivity index (χ3v) is 8.38. The van der Waals surface area contributed by atoms with Gasteiger partial charge in [-0.05, 0) is 67.8 Å². The van der Waals surface area contributed by atoms with Crippen molar-refractivity contribution in [3.8, 4) is 23.0 Å². The fourth-order valence-electron chi connectivity index (χ4n) is 5.16. The summed E-state index contributed by atoms with van der Waals surface area (Å²) >= 11 is 1.21. The van der Waals surface area contributed by atoms with Gasteiger partial charge in [-0.3, -0.25) is 9.36 Å². The molecule has 11 nitrogen and oxygen atoms in total. The number of methoxy groups -OCH3 is 2. The average Bonchev–Trinajstić information content (AvgIpc) is 3.40. The number of nitrogens with zero attached hydrogens (tertiary/aromatic N) is 2. The highest BCUT2D eigenvalue weighted by atomic mass is 32.1. The molecule has 1 aliphatic heterocycles. The smallest absolute Gasteiger partial charge is 0.343 e. The third kappa shape index (κ3) is 7.44. The Morgan fingerprint density at radius 1 is 0.896 bits per heavy atom. The van der Waals surface area contributed by atoms with Crippen LogP contribution in [0.4, 0.5) is 0 Å². The number of hydrogen-bond acceptors (Lipinski definition) is 11. The molecule has 0 saturated carbocycles. The molecule has 48 heavy (non-hydrogen) atoms. The number of carbonyl (C=O) groups is 2. The summed E-state index contributed by atoms with van der Waals surface area (Å²) in [6, 6.07) is 19.4. The van der Waals surface area contributed by atoms with Gasteiger partial charge in [0, 0.05) is 0 Å². The maximum absolute atomic E-state index is 14.1. The molecular formula is C36H36N2O9S. The van der Waals surface area contributed by atoms with Crippen molar-refractivity contribution >= 4 is 29.4 Å². The molecule has 0 aliphatic carbocycles. The first-order chi connectivity index (χ1) is 23.3. The zero-order chi connectivity index (χ0) is 34.2. The number of carbonyl (C=O) groups excluding carboxylic acids is 2. The lowest BCUT2D eigenvalue weighted by molar-refractivity contribution is -0.143. The molecule has 12 heteroatoms. The van der Waals surface area contributed by atoms with E-state index in [-0.39, 0.29) is 24.3 Å². The maximum Gasteiger partial charge on any atom is 0.343 e. The molecule has 0 N–H and O–H groups in total. The first-order valence-electron chi connectivity index (χ1n) is 15.3. The lowest BCUT2D eigenvalue weighted by Gasteiger charge is -2.25. The second-order valence-corrected chi connectivity index (χ2v) is 11.5. The predicted octanol–water partition coefficient (Wildman–Crippen LogP) is 4.34. The molecule has 1 aliphatic rings. The molecule has 0 saturated heterocycles. The largest absolute Gasteiger partial charge is 0.493 e. The monoisotopic (exact) mass is 672 g/mol. The van der Waals surface area contributed by atoms with Crippen molar-refractivity contribution in [1.29, 1.82) is 0 Å². The fourth-order valence-corrected chi connectivity index (χ4v) is 6.21. The van der Waals surface area contributed by atoms with E-state index < -0.39 is 18.0 Å². The fraction of sp³-hybridized carbons (Fsp3) is 0.278. The van der Waals surface area contributed by atoms with Gasteiger partial charge >= 0.3 is 11.9 Å². The van der Waals surface area contributed by atoms with Crippen LogP contribution in [-0.2, 0) is 25.7 Å². The van der Waals surface area contributed by atoms with Crippen LogP contribution in [0, 0.1) is 0 Å². The lowest BCUT2D eigenvalue weighted by Crippen LogP contribution is -2.40. The zero-order valence-electron chi connectivity index (χ0n) is 27.3. The highest BCUT2D eigenvalue weighted by molar-refractivity contribution is 7.07. The van der Waals surface area contributed by atoms with Crippen molar-refractivity contribution in [2.45, 2.75) is 33.4 Å². The molecule has 5 rings (SSSR count). The van der Waals surface area contributed by atoms with Crippen LogP contribution in [0.5, 0.6) is 23.0 Å². The Hall–Kier alpha value is -5.36. The van der Waals surface area contributed by atoms with Gasteiger partial charge in [-0.2, -0.15) is 0 Å². The van der Waals surface area contributed by atoms with Gasteiger partial charge in [0.2, 0.25) is 0 Å². The van der Waals surface area contributed by atoms with E-state index in [1.165, 1.54) is 23.0 Å². The number of ether oxygens (including phenoxy) is 6. The summed E-state index contributed by atoms with van der Waals surface area (Å²) in [5.74, 6) is 0.589. The van der Waals surface area contributed by atoms with Gasteiger partial charge in [0.25, 0.3) is 5.56 Å². The average molecular weight is 673 g/mol. The Bertz CT molecular complexity index is 2010. The first kappa shape index (κ1) is 34.0. The summed E-state index contributed by atoms with van der Waals surface area (Å²) in [6.45, 7) is 5.75. The Balaban J connectivity index is 1.57. The van der Waals surface area contributed by atoms with Gasteiger partial charge < -0.3 is 28.4 Å². The van der Waals surface area contributed by atoms with Crippen LogP contribution in [0.25, 0.3) is 6.08 Å². The molecule has 0 unspecified atom stereocenters. The second kappa shape index (κ2) is 15.5. The summed E-state index contributed by atoms with van der Waals surface area (Å²) < 4.78 is 35.1. The van der Waals surface area contributed by atoms with E-state index in [0.29, 0.717) is 62.4 Å². The predicted molar refractivity (Wildman–Crippen MR) is 179 cm³/mol. The minimum atomic E-state index is -0.875. The van der Waals surface area contributed by atoms with E-state index in [1.807, 2.05) is 43.3 Å². The quantitative estimate of drug-likeness (QED) is 0.191. The molecule has 4 aromatic rings. The van der Waals surface area contributed by atoms with E-state index >= 15 is 0 Å². The topological polar surface area (TPSA) is 124 Å². The summed E-state index contributed by atoms with van der Waals surface area (Å²) in [5, 5.41) is 0. The lowest BCUT2D eigenvalue weighted by atomic mass is 9.95. The number of hydrogen-bond donors (Lipinski definition) is 0. The Morgan fingerprint density at radius 3 is 2.35 bits per heavy atom. The van der Waals surface area contributed by atoms with Crippen LogP contribution in [0.15, 0.2) is 87.8 Å². The van der Waals surface area contributed by atoms with Crippen LogP contribution in [0.1, 0.15) is 43.5 Å². The van der Waals surface area contributed by atoms with Crippen LogP contribution < -0.4 is 33.8 Å². The number of thiazole rings is 1. The van der Waals surface area contributed by atoms with Crippen LogP contribution in [-0.4, -0.2) is 50.5 Å². The number of rotatable bonds is 13. The Kier molecular flexibility index (Phi) is 11.0. The number of benzene rings is 3. The SMILES string of the molecule is CCOC(=O)C1=C(C)N=c2s/c(=C\c3ccc(OCc4ccccc4)c(OC)c3)c(=O)n2[C@H]1c1ccc(OCC(=O)OC)c(OCC)c1. The Labute approximate surface area is 281 Å². The molecule has 1 aromatic heterocycles. The minimum absolute atomic E-state index is 0.143. The molecule has 0 bridgehead atoms. The maximum atomic E-state index is 14.1. The van der Waals surface area contributed by atoms with E-state index in [2.05, 4.69) is 9.73 Å². The summed E-state index contributed by atoms with van der Waals surface area (Å²) in [4.78, 5) is 44.3. The highest BCUT2D eigenvalue weighted by Gasteiger charge is 2.34. The van der Waals surface area contributed by atoms with Crippen molar-refractivity contribution in [3.05, 3.63) is 114 Å². The standard InChI is InChI=1S/C36H36N2O9S/c1-6-44-29-19-25(14-16-27(29)47-21-31(39)43-5)33-32(35(41)45-7-2)22(3)37-36-38(33)34(40)30(48-36)18-24-13-15-26(28(17-24)42-4)46-20-23-11-9-8-10-12-23/h8-19,33H,6-7,20-21H2,1-5H3/b30-18-/t33-/m0/s1. The molecule has 0 fully saturated rings. The summed E-state index contributed by atoms with van der Waals surface area (Å²) in [6.07, 6.45) is 1.75. The molecule has 1 atom stereocenters. The number of allylic oxidation sites excluding steroid dienone is 1. The van der Waals surface area contributed by atoms with Crippen molar-refractivity contribution < 1.29 is 38.0 Å². The zero-order valence-corrected chi connectivity index (χ0v) is 28.1. The molecular weight excluding hydrogens is 636 g/mol. The second-order valence-electron chi connectivity index (χ2n) is 10.5. The van der Waals surface area contributed by atoms with Crippen molar-refractivity contribution in [3.63, 3.8) is 0 Å². The molecule has 0 amide bonds. The molecule has 0 spiro atoms. The van der Waals surface area contributed by atoms with Crippen molar-refractivity contribution in [2.75, 3.05) is 34.0 Å². The van der Waals surface area contributed by atoms with Gasteiger partial charge in [-0.15, -0.1) is 0 Å². The van der Waals surface area contributed by atoms with Crippen LogP contribution in [0.3, 0.4) is 0 Å². The molecule has 250 valence electrons. The van der Waals surface area contributed by atoms with Crippen molar-refractivity contribution in [2.24, 2.45) is 4.99 Å². The van der Waals surface area contributed by atoms with Gasteiger partial charge in [-0.25, -0.2) is 14.6 Å². The normalized spacial score (nSPS) is 14.1. The summed E-state index contributed by atoms with van der Waals surface area (Å²) in [7, 11) is 2.83. The highest BCUT2D eigenvalue weighted by Crippen LogP contribution is 2.36. The van der Waals surface area contributed by atoms with E-state index in [9.17, 15) is 14.4 Å². The van der Waals surface area contributed by atoms with E-state index in [4.69, 9.17) is 23.7 Å². The van der Waals surface area contributed by atoms with E-state index in [0.717, 1.165) is 5.56 Å². The number of esters is 2. The molecule has 2 heterocycles. The number of fused-ring (bicyclic) bond motifs is 1. The third-order valence-electron chi connectivity index (χ3n) is 7.40. The van der Waals surface area contributed by atoms with E-state index in [1.54, 1.807) is 57.4 Å². The van der Waals surface area contributed by atoms with Crippen LogP contribution in [0.2, 0.25) is 0 Å². The minimum Gasteiger partial charge on any atom is -0.493 e. The van der Waals surface area contributed by atoms with Gasteiger partial charge in [0.1, 0.15) is 6.61 Å². The van der Waals surface area contributed by atoms with Gasteiger partial charge in [0.15, 0.2) is 34.4 Å². The molecule has 3 aromatic carbocycles. The van der Waals surface area contributed by atoms with Gasteiger partial charge in [0.05, 0.1) is 49.3 Å². The van der Waals surface area contributed by atoms with Gasteiger partial charge in [-0.1, -0.05) is 53.8 Å². The van der Waals surface area contributed by atoms with Crippen LogP contribution >= 0.6 is 11.3 Å².